The van der Waals surface area contributed by atoms with E-state index in [0.29, 0.717) is 11.0 Å². The SMILES string of the molecule is CN(C)c1cc2ncc(=O)[nH]c2cc1NC(N)=S. The van der Waals surface area contributed by atoms with E-state index in [4.69, 9.17) is 18.0 Å². The van der Waals surface area contributed by atoms with Gasteiger partial charge in [0.25, 0.3) is 5.56 Å². The second-order valence-electron chi connectivity index (χ2n) is 4.02. The lowest BCUT2D eigenvalue weighted by Crippen LogP contribution is -2.21. The number of hydrogen-bond donors (Lipinski definition) is 3. The van der Waals surface area contributed by atoms with E-state index in [-0.39, 0.29) is 10.7 Å². The third kappa shape index (κ3) is 2.40. The van der Waals surface area contributed by atoms with Crippen molar-refractivity contribution in [2.24, 2.45) is 5.73 Å². The van der Waals surface area contributed by atoms with Gasteiger partial charge in [-0.25, -0.2) is 4.98 Å². The average Bonchev–Trinajstić information content (AvgIpc) is 2.26. The summed E-state index contributed by atoms with van der Waals surface area (Å²) < 4.78 is 0. The molecule has 0 aliphatic rings. The summed E-state index contributed by atoms with van der Waals surface area (Å²) in [7, 11) is 3.80. The van der Waals surface area contributed by atoms with Crippen molar-refractivity contribution in [2.75, 3.05) is 24.3 Å². The molecule has 0 saturated carbocycles. The summed E-state index contributed by atoms with van der Waals surface area (Å²) in [5, 5.41) is 3.05. The normalized spacial score (nSPS) is 10.3. The maximum Gasteiger partial charge on any atom is 0.266 e. The first-order valence-corrected chi connectivity index (χ1v) is 5.65. The first-order chi connectivity index (χ1) is 8.47. The van der Waals surface area contributed by atoms with Crippen LogP contribution in [0.15, 0.2) is 23.1 Å². The van der Waals surface area contributed by atoms with Crippen molar-refractivity contribution < 1.29 is 0 Å². The van der Waals surface area contributed by atoms with Crippen molar-refractivity contribution in [1.29, 1.82) is 0 Å². The Morgan fingerprint density at radius 3 is 2.83 bits per heavy atom. The molecule has 0 bridgehead atoms. The fourth-order valence-electron chi connectivity index (χ4n) is 1.68. The van der Waals surface area contributed by atoms with Gasteiger partial charge in [-0.05, 0) is 24.4 Å². The number of aromatic amines is 1. The minimum atomic E-state index is -0.249. The van der Waals surface area contributed by atoms with Gasteiger partial charge in [0, 0.05) is 14.1 Å². The van der Waals surface area contributed by atoms with E-state index in [1.165, 1.54) is 6.20 Å². The molecule has 0 saturated heterocycles. The number of anilines is 2. The van der Waals surface area contributed by atoms with Gasteiger partial charge in [-0.15, -0.1) is 0 Å². The summed E-state index contributed by atoms with van der Waals surface area (Å²) in [6.45, 7) is 0. The molecule has 2 aromatic rings. The summed E-state index contributed by atoms with van der Waals surface area (Å²) in [6, 6.07) is 3.62. The van der Waals surface area contributed by atoms with Crippen LogP contribution in [0.1, 0.15) is 0 Å². The number of nitrogens with two attached hydrogens (primary N) is 1. The molecule has 94 valence electrons. The number of fused-ring (bicyclic) bond motifs is 1. The van der Waals surface area contributed by atoms with Gasteiger partial charge in [-0.1, -0.05) is 0 Å². The minimum Gasteiger partial charge on any atom is -0.376 e. The highest BCUT2D eigenvalue weighted by Gasteiger charge is 2.08. The van der Waals surface area contributed by atoms with Crippen LogP contribution in [-0.2, 0) is 0 Å². The number of nitrogens with one attached hydrogen (secondary N) is 2. The Balaban J connectivity index is 2.68. The Kier molecular flexibility index (Phi) is 3.15. The number of H-pyrrole nitrogens is 1. The molecule has 1 aromatic heterocycles. The van der Waals surface area contributed by atoms with Crippen LogP contribution >= 0.6 is 12.2 Å². The Morgan fingerprint density at radius 2 is 2.22 bits per heavy atom. The van der Waals surface area contributed by atoms with Gasteiger partial charge >= 0.3 is 0 Å². The standard InChI is InChI=1S/C11H13N5OS/c1-16(2)9-4-6-7(14-10(17)5-13-6)3-8(9)15-11(12)18/h3-5H,1-2H3,(H,14,17)(H3,12,15,18). The lowest BCUT2D eigenvalue weighted by Gasteiger charge is -2.18. The summed E-state index contributed by atoms with van der Waals surface area (Å²) in [5.41, 5.74) is 8.17. The number of thiocarbonyl (C=S) groups is 1. The van der Waals surface area contributed by atoms with Gasteiger partial charge < -0.3 is 20.9 Å². The molecule has 0 atom stereocenters. The van der Waals surface area contributed by atoms with Crippen molar-refractivity contribution in [3.8, 4) is 0 Å². The molecule has 0 unspecified atom stereocenters. The minimum absolute atomic E-state index is 0.170. The summed E-state index contributed by atoms with van der Waals surface area (Å²) in [4.78, 5) is 19.9. The third-order valence-corrected chi connectivity index (χ3v) is 2.53. The van der Waals surface area contributed by atoms with Crippen LogP contribution in [0.4, 0.5) is 11.4 Å². The van der Waals surface area contributed by atoms with Crippen LogP contribution in [0.2, 0.25) is 0 Å². The highest BCUT2D eigenvalue weighted by atomic mass is 32.1. The smallest absolute Gasteiger partial charge is 0.266 e. The van der Waals surface area contributed by atoms with Crippen LogP contribution in [0, 0.1) is 0 Å². The fraction of sp³-hybridized carbons (Fsp3) is 0.182. The zero-order valence-electron chi connectivity index (χ0n) is 10.0. The molecule has 4 N–H and O–H groups in total. The second kappa shape index (κ2) is 4.61. The fourth-order valence-corrected chi connectivity index (χ4v) is 1.79. The summed E-state index contributed by atoms with van der Waals surface area (Å²) in [6.07, 6.45) is 1.25. The van der Waals surface area contributed by atoms with Gasteiger partial charge in [0.1, 0.15) is 0 Å². The summed E-state index contributed by atoms with van der Waals surface area (Å²) in [5.74, 6) is 0. The van der Waals surface area contributed by atoms with Gasteiger partial charge in [-0.3, -0.25) is 4.79 Å². The first kappa shape index (κ1) is 12.3. The van der Waals surface area contributed by atoms with Crippen LogP contribution < -0.4 is 21.5 Å². The molecule has 0 aliphatic heterocycles. The van der Waals surface area contributed by atoms with Crippen molar-refractivity contribution in [3.63, 3.8) is 0 Å². The van der Waals surface area contributed by atoms with Crippen LogP contribution in [-0.4, -0.2) is 29.2 Å². The molecular formula is C11H13N5OS. The monoisotopic (exact) mass is 263 g/mol. The molecule has 0 spiro atoms. The molecular weight excluding hydrogens is 250 g/mol. The van der Waals surface area contributed by atoms with E-state index < -0.39 is 0 Å². The zero-order chi connectivity index (χ0) is 13.3. The molecule has 1 heterocycles. The number of hydrogen-bond acceptors (Lipinski definition) is 4. The van der Waals surface area contributed by atoms with Gasteiger partial charge in [0.2, 0.25) is 0 Å². The van der Waals surface area contributed by atoms with Crippen molar-refractivity contribution >= 4 is 39.7 Å². The zero-order valence-corrected chi connectivity index (χ0v) is 10.8. The van der Waals surface area contributed by atoms with Crippen molar-refractivity contribution in [2.45, 2.75) is 0 Å². The lowest BCUT2D eigenvalue weighted by atomic mass is 10.2. The molecule has 18 heavy (non-hydrogen) atoms. The second-order valence-corrected chi connectivity index (χ2v) is 4.46. The Labute approximate surface area is 109 Å². The molecule has 0 amide bonds. The lowest BCUT2D eigenvalue weighted by molar-refractivity contribution is 1.13. The molecule has 1 aromatic carbocycles. The van der Waals surface area contributed by atoms with Crippen LogP contribution in [0.25, 0.3) is 11.0 Å². The maximum absolute atomic E-state index is 11.2. The van der Waals surface area contributed by atoms with Crippen LogP contribution in [0.5, 0.6) is 0 Å². The molecule has 0 fully saturated rings. The van der Waals surface area contributed by atoms with Gasteiger partial charge in [0.05, 0.1) is 28.6 Å². The van der Waals surface area contributed by atoms with E-state index >= 15 is 0 Å². The van der Waals surface area contributed by atoms with Crippen molar-refractivity contribution in [1.82, 2.24) is 9.97 Å². The van der Waals surface area contributed by atoms with Crippen molar-refractivity contribution in [3.05, 3.63) is 28.7 Å². The number of aromatic nitrogens is 2. The predicted octanol–water partition coefficient (Wildman–Crippen LogP) is 0.645. The van der Waals surface area contributed by atoms with Gasteiger partial charge in [-0.2, -0.15) is 0 Å². The van der Waals surface area contributed by atoms with E-state index in [0.717, 1.165) is 11.4 Å². The molecule has 0 aliphatic carbocycles. The quantitative estimate of drug-likeness (QED) is 0.689. The van der Waals surface area contributed by atoms with Gasteiger partial charge in [0.15, 0.2) is 5.11 Å². The van der Waals surface area contributed by atoms with E-state index in [9.17, 15) is 4.79 Å². The third-order valence-electron chi connectivity index (χ3n) is 2.43. The predicted molar refractivity (Wildman–Crippen MR) is 77.1 cm³/mol. The molecule has 2 rings (SSSR count). The Morgan fingerprint density at radius 1 is 1.50 bits per heavy atom. The first-order valence-electron chi connectivity index (χ1n) is 5.24. The molecule has 7 heteroatoms. The topological polar surface area (TPSA) is 87.0 Å². The summed E-state index contributed by atoms with van der Waals surface area (Å²) >= 11 is 4.83. The van der Waals surface area contributed by atoms with E-state index in [1.54, 1.807) is 6.07 Å². The maximum atomic E-state index is 11.2. The van der Waals surface area contributed by atoms with Crippen LogP contribution in [0.3, 0.4) is 0 Å². The Bertz CT molecular complexity index is 664. The number of nitrogens with zero attached hydrogens (tertiary/aromatic N) is 2. The highest BCUT2D eigenvalue weighted by Crippen LogP contribution is 2.27. The number of rotatable bonds is 2. The largest absolute Gasteiger partial charge is 0.376 e. The molecule has 0 radical (unpaired) electrons. The van der Waals surface area contributed by atoms with E-state index in [2.05, 4.69) is 15.3 Å². The number of benzene rings is 1. The molecule has 6 nitrogen and oxygen atoms in total. The average molecular weight is 263 g/mol. The highest BCUT2D eigenvalue weighted by molar-refractivity contribution is 7.80. The Hall–Kier alpha value is -2.15. The van der Waals surface area contributed by atoms with E-state index in [1.807, 2.05) is 25.1 Å².